The van der Waals surface area contributed by atoms with Crippen LogP contribution in [-0.4, -0.2) is 9.78 Å². The van der Waals surface area contributed by atoms with E-state index in [4.69, 9.17) is 5.26 Å². The highest BCUT2D eigenvalue weighted by molar-refractivity contribution is 5.41. The monoisotopic (exact) mass is 239 g/mol. The second kappa shape index (κ2) is 4.46. The third-order valence-electron chi connectivity index (χ3n) is 2.86. The Hall–Kier alpha value is -2.41. The molecule has 0 radical (unpaired) electrons. The summed E-state index contributed by atoms with van der Waals surface area (Å²) in [6.07, 6.45) is 0. The van der Waals surface area contributed by atoms with E-state index in [9.17, 15) is 4.79 Å². The summed E-state index contributed by atoms with van der Waals surface area (Å²) in [6.45, 7) is 5.34. The maximum absolute atomic E-state index is 12.2. The number of benzene rings is 1. The first-order valence-electron chi connectivity index (χ1n) is 5.62. The van der Waals surface area contributed by atoms with E-state index in [1.807, 2.05) is 37.3 Å². The Balaban J connectivity index is 2.75. The Bertz CT molecular complexity index is 708. The van der Waals surface area contributed by atoms with E-state index < -0.39 is 0 Å². The molecule has 90 valence electrons. The molecule has 1 heterocycles. The standard InChI is InChI=1S/C14H13N3O/c1-9-5-4-6-12(7-9)17-14(18)10(2)13(8-15)11(3)16-17/h4-7H,1-3H3. The van der Waals surface area contributed by atoms with Crippen molar-refractivity contribution in [3.8, 4) is 11.8 Å². The first-order valence-corrected chi connectivity index (χ1v) is 5.62. The predicted octanol–water partition coefficient (Wildman–Crippen LogP) is 2.03. The molecule has 0 saturated carbocycles. The molecule has 1 aromatic carbocycles. The van der Waals surface area contributed by atoms with Gasteiger partial charge in [-0.15, -0.1) is 0 Å². The van der Waals surface area contributed by atoms with E-state index in [0.29, 0.717) is 16.8 Å². The van der Waals surface area contributed by atoms with Gasteiger partial charge >= 0.3 is 0 Å². The van der Waals surface area contributed by atoms with Crippen LogP contribution in [0, 0.1) is 32.1 Å². The van der Waals surface area contributed by atoms with Crippen LogP contribution in [0.5, 0.6) is 0 Å². The Labute approximate surface area is 105 Å². The van der Waals surface area contributed by atoms with Crippen LogP contribution in [0.15, 0.2) is 29.1 Å². The lowest BCUT2D eigenvalue weighted by atomic mass is 10.1. The van der Waals surface area contributed by atoms with Crippen LogP contribution in [0.25, 0.3) is 5.69 Å². The zero-order chi connectivity index (χ0) is 13.3. The van der Waals surface area contributed by atoms with Gasteiger partial charge in [-0.3, -0.25) is 4.79 Å². The van der Waals surface area contributed by atoms with Crippen LogP contribution in [0.2, 0.25) is 0 Å². The molecular weight excluding hydrogens is 226 g/mol. The Morgan fingerprint density at radius 2 is 2.00 bits per heavy atom. The van der Waals surface area contributed by atoms with Gasteiger partial charge in [0.2, 0.25) is 0 Å². The maximum Gasteiger partial charge on any atom is 0.275 e. The molecule has 0 fully saturated rings. The topological polar surface area (TPSA) is 58.7 Å². The van der Waals surface area contributed by atoms with Crippen molar-refractivity contribution in [2.24, 2.45) is 0 Å². The highest BCUT2D eigenvalue weighted by Crippen LogP contribution is 2.10. The van der Waals surface area contributed by atoms with Crippen LogP contribution in [-0.2, 0) is 0 Å². The minimum atomic E-state index is -0.247. The number of rotatable bonds is 1. The van der Waals surface area contributed by atoms with Crippen molar-refractivity contribution in [1.82, 2.24) is 9.78 Å². The van der Waals surface area contributed by atoms with Crippen LogP contribution < -0.4 is 5.56 Å². The molecule has 0 unspecified atom stereocenters. The molecule has 0 aliphatic carbocycles. The minimum absolute atomic E-state index is 0.247. The average Bonchev–Trinajstić information content (AvgIpc) is 2.34. The van der Waals surface area contributed by atoms with Gasteiger partial charge in [-0.2, -0.15) is 15.0 Å². The molecule has 0 N–H and O–H groups in total. The van der Waals surface area contributed by atoms with Crippen molar-refractivity contribution in [3.63, 3.8) is 0 Å². The molecule has 0 spiro atoms. The maximum atomic E-state index is 12.2. The van der Waals surface area contributed by atoms with Crippen molar-refractivity contribution < 1.29 is 0 Å². The fourth-order valence-corrected chi connectivity index (χ4v) is 1.88. The van der Waals surface area contributed by atoms with E-state index in [1.54, 1.807) is 13.8 Å². The normalized spacial score (nSPS) is 10.1. The minimum Gasteiger partial charge on any atom is -0.267 e. The van der Waals surface area contributed by atoms with Crippen molar-refractivity contribution >= 4 is 0 Å². The number of hydrogen-bond donors (Lipinski definition) is 0. The smallest absolute Gasteiger partial charge is 0.267 e. The van der Waals surface area contributed by atoms with Crippen LogP contribution in [0.3, 0.4) is 0 Å². The lowest BCUT2D eigenvalue weighted by Gasteiger charge is -2.09. The molecule has 0 atom stereocenters. The molecule has 1 aromatic heterocycles. The summed E-state index contributed by atoms with van der Waals surface area (Å²) in [4.78, 5) is 12.2. The zero-order valence-electron chi connectivity index (χ0n) is 10.6. The number of nitrogens with zero attached hydrogens (tertiary/aromatic N) is 3. The third-order valence-corrected chi connectivity index (χ3v) is 2.86. The summed E-state index contributed by atoms with van der Waals surface area (Å²) < 4.78 is 1.35. The van der Waals surface area contributed by atoms with Crippen LogP contribution >= 0.6 is 0 Å². The van der Waals surface area contributed by atoms with Gasteiger partial charge in [0.1, 0.15) is 6.07 Å². The van der Waals surface area contributed by atoms with Gasteiger partial charge in [0.25, 0.3) is 5.56 Å². The molecule has 2 aromatic rings. The molecule has 4 heteroatoms. The Kier molecular flexibility index (Phi) is 2.99. The molecule has 18 heavy (non-hydrogen) atoms. The van der Waals surface area contributed by atoms with E-state index in [0.717, 1.165) is 11.3 Å². The molecule has 0 bridgehead atoms. The van der Waals surface area contributed by atoms with Crippen molar-refractivity contribution in [2.45, 2.75) is 20.8 Å². The molecule has 4 nitrogen and oxygen atoms in total. The summed E-state index contributed by atoms with van der Waals surface area (Å²) in [5.41, 5.74) is 2.89. The number of aromatic nitrogens is 2. The number of hydrogen-bond acceptors (Lipinski definition) is 3. The SMILES string of the molecule is Cc1cccc(-n2nc(C)c(C#N)c(C)c2=O)c1. The first kappa shape index (κ1) is 12.1. The predicted molar refractivity (Wildman–Crippen MR) is 68.8 cm³/mol. The van der Waals surface area contributed by atoms with Crippen LogP contribution in [0.1, 0.15) is 22.4 Å². The lowest BCUT2D eigenvalue weighted by molar-refractivity contribution is 0.771. The van der Waals surface area contributed by atoms with Gasteiger partial charge in [-0.1, -0.05) is 12.1 Å². The van der Waals surface area contributed by atoms with Crippen molar-refractivity contribution in [1.29, 1.82) is 5.26 Å². The molecule has 0 aliphatic heterocycles. The summed E-state index contributed by atoms with van der Waals surface area (Å²) in [7, 11) is 0. The highest BCUT2D eigenvalue weighted by Gasteiger charge is 2.12. The zero-order valence-corrected chi connectivity index (χ0v) is 10.6. The summed E-state index contributed by atoms with van der Waals surface area (Å²) in [5, 5.41) is 13.2. The number of aryl methyl sites for hydroxylation is 2. The summed E-state index contributed by atoms with van der Waals surface area (Å²) in [6, 6.07) is 9.57. The van der Waals surface area contributed by atoms with E-state index >= 15 is 0 Å². The van der Waals surface area contributed by atoms with Gasteiger partial charge in [0.15, 0.2) is 0 Å². The van der Waals surface area contributed by atoms with Crippen molar-refractivity contribution in [2.75, 3.05) is 0 Å². The largest absolute Gasteiger partial charge is 0.275 e. The summed E-state index contributed by atoms with van der Waals surface area (Å²) >= 11 is 0. The highest BCUT2D eigenvalue weighted by atomic mass is 16.1. The van der Waals surface area contributed by atoms with Gasteiger partial charge < -0.3 is 0 Å². The molecule has 0 aliphatic rings. The Morgan fingerprint density at radius 3 is 2.61 bits per heavy atom. The molecule has 0 amide bonds. The molecule has 0 saturated heterocycles. The van der Waals surface area contributed by atoms with Gasteiger partial charge in [0, 0.05) is 5.56 Å². The Morgan fingerprint density at radius 1 is 1.28 bits per heavy atom. The number of nitriles is 1. The van der Waals surface area contributed by atoms with E-state index in [-0.39, 0.29) is 5.56 Å². The fraction of sp³-hybridized carbons (Fsp3) is 0.214. The average molecular weight is 239 g/mol. The summed E-state index contributed by atoms with van der Waals surface area (Å²) in [5.74, 6) is 0. The van der Waals surface area contributed by atoms with E-state index in [1.165, 1.54) is 4.68 Å². The van der Waals surface area contributed by atoms with Gasteiger partial charge in [-0.25, -0.2) is 0 Å². The second-order valence-corrected chi connectivity index (χ2v) is 4.25. The van der Waals surface area contributed by atoms with Crippen molar-refractivity contribution in [3.05, 3.63) is 57.0 Å². The lowest BCUT2D eigenvalue weighted by Crippen LogP contribution is -2.25. The molecular formula is C14H13N3O. The van der Waals surface area contributed by atoms with Gasteiger partial charge in [0.05, 0.1) is 16.9 Å². The van der Waals surface area contributed by atoms with E-state index in [2.05, 4.69) is 5.10 Å². The fourth-order valence-electron chi connectivity index (χ4n) is 1.88. The second-order valence-electron chi connectivity index (χ2n) is 4.25. The first-order chi connectivity index (χ1) is 8.54. The molecule has 2 rings (SSSR count). The van der Waals surface area contributed by atoms with Gasteiger partial charge in [-0.05, 0) is 38.5 Å². The van der Waals surface area contributed by atoms with Crippen LogP contribution in [0.4, 0.5) is 0 Å². The third kappa shape index (κ3) is 1.91. The quantitative estimate of drug-likeness (QED) is 0.765.